The van der Waals surface area contributed by atoms with Gasteiger partial charge in [-0.05, 0) is 56.4 Å². The highest BCUT2D eigenvalue weighted by Gasteiger charge is 2.60. The number of benzene rings is 1. The number of alkyl halides is 4. The van der Waals surface area contributed by atoms with Crippen molar-refractivity contribution in [3.63, 3.8) is 0 Å². The summed E-state index contributed by atoms with van der Waals surface area (Å²) in [6.45, 7) is 2.37. The molecule has 6 rings (SSSR count). The van der Waals surface area contributed by atoms with E-state index in [4.69, 9.17) is 11.6 Å². The van der Waals surface area contributed by atoms with Crippen LogP contribution >= 0.6 is 11.6 Å². The average molecular weight is 498 g/mol. The van der Waals surface area contributed by atoms with Gasteiger partial charge in [0, 0.05) is 36.0 Å². The largest absolute Gasteiger partial charge is 0.403 e. The molecule has 1 aromatic heterocycles. The number of nitrogens with zero attached hydrogens (tertiary/aromatic N) is 5. The van der Waals surface area contributed by atoms with E-state index in [2.05, 4.69) is 10.2 Å². The second kappa shape index (κ2) is 7.16. The number of halogens is 5. The van der Waals surface area contributed by atoms with Gasteiger partial charge in [-0.2, -0.15) is 13.2 Å². The summed E-state index contributed by atoms with van der Waals surface area (Å²) >= 11 is 6.19. The maximum Gasteiger partial charge on any atom is 0.403 e. The maximum absolute atomic E-state index is 14.1. The summed E-state index contributed by atoms with van der Waals surface area (Å²) in [5.74, 6) is 0.878. The third-order valence-electron chi connectivity index (χ3n) is 7.91. The number of carbonyl (C=O) groups is 1. The molecule has 1 aromatic carbocycles. The van der Waals surface area contributed by atoms with Crippen molar-refractivity contribution in [3.05, 3.63) is 40.4 Å². The van der Waals surface area contributed by atoms with Gasteiger partial charge < -0.3 is 4.90 Å². The van der Waals surface area contributed by atoms with Crippen LogP contribution in [0.25, 0.3) is 5.69 Å². The molecule has 2 aromatic rings. The van der Waals surface area contributed by atoms with Crippen LogP contribution in [0.3, 0.4) is 0 Å². The number of hydrogen-bond acceptors (Lipinski definition) is 4. The van der Waals surface area contributed by atoms with Gasteiger partial charge in [-0.1, -0.05) is 11.6 Å². The van der Waals surface area contributed by atoms with Crippen LogP contribution in [0, 0.1) is 5.41 Å². The number of hydrogen-bond donors (Lipinski definition) is 0. The van der Waals surface area contributed by atoms with Crippen molar-refractivity contribution < 1.29 is 22.4 Å². The summed E-state index contributed by atoms with van der Waals surface area (Å²) in [7, 11) is 0. The van der Waals surface area contributed by atoms with Crippen LogP contribution in [0.5, 0.6) is 0 Å². The van der Waals surface area contributed by atoms with E-state index < -0.39 is 17.9 Å². The third-order valence-corrected chi connectivity index (χ3v) is 8.15. The molecule has 2 aliphatic heterocycles. The zero-order valence-corrected chi connectivity index (χ0v) is 19.3. The second-order valence-electron chi connectivity index (χ2n) is 10.4. The van der Waals surface area contributed by atoms with Crippen molar-refractivity contribution in [1.29, 1.82) is 0 Å². The molecule has 0 N–H and O–H groups in total. The molecule has 2 aliphatic carbocycles. The number of rotatable bonds is 3. The molecule has 2 saturated carbocycles. The Kier molecular flexibility index (Phi) is 4.69. The Morgan fingerprint density at radius 3 is 2.53 bits per heavy atom. The number of aromatic nitrogens is 3. The highest BCUT2D eigenvalue weighted by molar-refractivity contribution is 6.30. The molecule has 1 unspecified atom stereocenters. The highest BCUT2D eigenvalue weighted by Crippen LogP contribution is 2.57. The van der Waals surface area contributed by atoms with Crippen molar-refractivity contribution in [2.75, 3.05) is 13.1 Å². The van der Waals surface area contributed by atoms with Crippen molar-refractivity contribution in [2.45, 2.75) is 69.5 Å². The van der Waals surface area contributed by atoms with Crippen LogP contribution in [0.4, 0.5) is 17.6 Å². The van der Waals surface area contributed by atoms with E-state index in [-0.39, 0.29) is 30.3 Å². The molecule has 3 heterocycles. The predicted molar refractivity (Wildman–Crippen MR) is 115 cm³/mol. The lowest BCUT2D eigenvalue weighted by Crippen LogP contribution is -2.64. The molecule has 6 nitrogen and oxygen atoms in total. The summed E-state index contributed by atoms with van der Waals surface area (Å²) in [5.41, 5.74) is -0.228. The van der Waals surface area contributed by atoms with Gasteiger partial charge in [0.15, 0.2) is 11.5 Å². The molecule has 34 heavy (non-hydrogen) atoms. The van der Waals surface area contributed by atoms with Gasteiger partial charge in [-0.3, -0.25) is 14.3 Å². The lowest BCUT2D eigenvalue weighted by Gasteiger charge is -2.59. The molecule has 182 valence electrons. The van der Waals surface area contributed by atoms with E-state index in [0.717, 1.165) is 31.3 Å². The van der Waals surface area contributed by atoms with E-state index in [9.17, 15) is 22.4 Å². The number of fused-ring (bicyclic) bond motifs is 3. The minimum Gasteiger partial charge on any atom is -0.339 e. The molecule has 1 amide bonds. The fourth-order valence-electron chi connectivity index (χ4n) is 5.74. The van der Waals surface area contributed by atoms with Crippen molar-refractivity contribution in [2.24, 2.45) is 5.41 Å². The maximum atomic E-state index is 14.1. The first-order valence-corrected chi connectivity index (χ1v) is 11.9. The van der Waals surface area contributed by atoms with E-state index in [1.807, 2.05) is 10.6 Å². The summed E-state index contributed by atoms with van der Waals surface area (Å²) in [6, 6.07) is 3.58. The number of likely N-dealkylation sites (tertiary alicyclic amines) is 1. The molecule has 1 spiro atoms. The van der Waals surface area contributed by atoms with Gasteiger partial charge in [-0.15, -0.1) is 10.2 Å². The SMILES string of the molecule is CC(N1Cc2cc(Cl)ccc2-n2c(nnc2C2CC3(C2)CN(C(=O)C2(F)CC2)C3)C1)C(F)(F)F. The van der Waals surface area contributed by atoms with Crippen LogP contribution in [0.1, 0.15) is 55.7 Å². The third kappa shape index (κ3) is 3.44. The van der Waals surface area contributed by atoms with Gasteiger partial charge in [0.1, 0.15) is 11.9 Å². The summed E-state index contributed by atoms with van der Waals surface area (Å²) < 4.78 is 56.6. The Labute approximate surface area is 198 Å². The van der Waals surface area contributed by atoms with Crippen LogP contribution in [-0.4, -0.2) is 61.4 Å². The normalized spacial score (nSPS) is 24.0. The summed E-state index contributed by atoms with van der Waals surface area (Å²) in [6.07, 6.45) is -2.16. The van der Waals surface area contributed by atoms with Gasteiger partial charge in [0.05, 0.1) is 12.2 Å². The minimum atomic E-state index is -4.37. The monoisotopic (exact) mass is 497 g/mol. The zero-order valence-electron chi connectivity index (χ0n) is 18.6. The van der Waals surface area contributed by atoms with Crippen LogP contribution in [0.2, 0.25) is 5.02 Å². The van der Waals surface area contributed by atoms with E-state index in [1.165, 1.54) is 4.90 Å². The Bertz CT molecular complexity index is 1160. The molecule has 11 heteroatoms. The molecule has 0 bridgehead atoms. The van der Waals surface area contributed by atoms with Gasteiger partial charge in [0.25, 0.3) is 5.91 Å². The first-order chi connectivity index (χ1) is 16.0. The molecule has 1 atom stereocenters. The molecule has 3 fully saturated rings. The number of amides is 1. The van der Waals surface area contributed by atoms with E-state index in [1.54, 1.807) is 17.0 Å². The molecule has 1 saturated heterocycles. The lowest BCUT2D eigenvalue weighted by molar-refractivity contribution is -0.182. The highest BCUT2D eigenvalue weighted by atomic mass is 35.5. The summed E-state index contributed by atoms with van der Waals surface area (Å²) in [5, 5.41) is 9.14. The van der Waals surface area contributed by atoms with E-state index in [0.29, 0.717) is 42.3 Å². The molecular weight excluding hydrogens is 474 g/mol. The van der Waals surface area contributed by atoms with Crippen molar-refractivity contribution in [1.82, 2.24) is 24.6 Å². The van der Waals surface area contributed by atoms with E-state index >= 15 is 0 Å². The fraction of sp³-hybridized carbons (Fsp3) is 0.609. The van der Waals surface area contributed by atoms with Crippen LogP contribution in [0.15, 0.2) is 18.2 Å². The topological polar surface area (TPSA) is 54.3 Å². The minimum absolute atomic E-state index is 0.0126. The van der Waals surface area contributed by atoms with Gasteiger partial charge >= 0.3 is 6.18 Å². The molecular formula is C23H24ClF4N5O. The first kappa shape index (κ1) is 22.3. The Balaban J connectivity index is 1.25. The Hall–Kier alpha value is -2.20. The van der Waals surface area contributed by atoms with Gasteiger partial charge in [0.2, 0.25) is 0 Å². The Morgan fingerprint density at radius 1 is 1.18 bits per heavy atom. The van der Waals surface area contributed by atoms with Crippen molar-refractivity contribution >= 4 is 17.5 Å². The standard InChI is InChI=1S/C23H24ClF4N5O/c1-13(23(26,27)28)31-9-14-6-16(24)2-3-17(14)33-18(10-31)29-30-19(33)15-7-21(8-15)11-32(12-21)20(34)22(25)4-5-22/h2-3,6,13,15H,4-5,7-12H2,1H3. The van der Waals surface area contributed by atoms with Crippen molar-refractivity contribution in [3.8, 4) is 5.69 Å². The number of carbonyl (C=O) groups excluding carboxylic acids is 1. The molecule has 0 radical (unpaired) electrons. The summed E-state index contributed by atoms with van der Waals surface area (Å²) in [4.78, 5) is 15.2. The predicted octanol–water partition coefficient (Wildman–Crippen LogP) is 4.40. The zero-order chi connectivity index (χ0) is 24.0. The first-order valence-electron chi connectivity index (χ1n) is 11.5. The second-order valence-corrected chi connectivity index (χ2v) is 10.9. The van der Waals surface area contributed by atoms with Gasteiger partial charge in [-0.25, -0.2) is 4.39 Å². The quantitative estimate of drug-likeness (QED) is 0.590. The smallest absolute Gasteiger partial charge is 0.339 e. The van der Waals surface area contributed by atoms with Crippen LogP contribution < -0.4 is 0 Å². The lowest BCUT2D eigenvalue weighted by atomic mass is 9.57. The van der Waals surface area contributed by atoms with Crippen LogP contribution in [-0.2, 0) is 17.9 Å². The fourth-order valence-corrected chi connectivity index (χ4v) is 5.93. The average Bonchev–Trinajstić information content (AvgIpc) is 3.38. The molecule has 4 aliphatic rings. The Morgan fingerprint density at radius 2 is 1.88 bits per heavy atom.